The van der Waals surface area contributed by atoms with Gasteiger partial charge >= 0.3 is 5.97 Å². The number of alkyl halides is 1. The van der Waals surface area contributed by atoms with Crippen LogP contribution >= 0.6 is 31.9 Å². The molecule has 0 spiro atoms. The van der Waals surface area contributed by atoms with Crippen LogP contribution in [0.1, 0.15) is 17.3 Å². The van der Waals surface area contributed by atoms with Crippen molar-refractivity contribution >= 4 is 37.8 Å². The predicted octanol–water partition coefficient (Wildman–Crippen LogP) is 3.96. The van der Waals surface area contributed by atoms with Crippen LogP contribution < -0.4 is 0 Å². The first-order chi connectivity index (χ1) is 8.11. The maximum absolute atomic E-state index is 11.6. The second-order valence-corrected chi connectivity index (χ2v) is 6.14. The molecule has 0 amide bonds. The van der Waals surface area contributed by atoms with Crippen molar-refractivity contribution < 1.29 is 9.53 Å². The van der Waals surface area contributed by atoms with Crippen LogP contribution in [-0.4, -0.2) is 12.6 Å². The van der Waals surface area contributed by atoms with Crippen molar-refractivity contribution in [2.75, 3.05) is 6.61 Å². The van der Waals surface area contributed by atoms with E-state index in [0.717, 1.165) is 15.6 Å². The van der Waals surface area contributed by atoms with E-state index >= 15 is 0 Å². The Morgan fingerprint density at radius 2 is 2.06 bits per heavy atom. The molecule has 1 aliphatic heterocycles. The summed E-state index contributed by atoms with van der Waals surface area (Å²) in [7, 11) is 0. The minimum atomic E-state index is -0.218. The van der Waals surface area contributed by atoms with Gasteiger partial charge in [-0.05, 0) is 12.5 Å². The van der Waals surface area contributed by atoms with Crippen LogP contribution in [0.25, 0.3) is 0 Å². The molecular formula is C13H12Br2O2. The summed E-state index contributed by atoms with van der Waals surface area (Å²) in [6.45, 7) is 2.31. The highest BCUT2D eigenvalue weighted by Crippen LogP contribution is 2.41. The number of rotatable bonds is 2. The van der Waals surface area contributed by atoms with E-state index < -0.39 is 0 Å². The lowest BCUT2D eigenvalue weighted by molar-refractivity contribution is -0.135. The Balaban J connectivity index is 2.30. The highest BCUT2D eigenvalue weighted by atomic mass is 79.9. The van der Waals surface area contributed by atoms with Crippen LogP contribution in [0.3, 0.4) is 0 Å². The third kappa shape index (κ3) is 2.63. The van der Waals surface area contributed by atoms with Crippen molar-refractivity contribution in [2.24, 2.45) is 5.92 Å². The van der Waals surface area contributed by atoms with Crippen LogP contribution in [0.5, 0.6) is 0 Å². The normalized spacial score (nSPS) is 24.4. The van der Waals surface area contributed by atoms with Gasteiger partial charge in [-0.25, -0.2) is 4.79 Å². The van der Waals surface area contributed by atoms with Crippen molar-refractivity contribution in [2.45, 2.75) is 11.8 Å². The molecule has 1 saturated heterocycles. The second kappa shape index (κ2) is 5.36. The molecule has 2 atom stereocenters. The summed E-state index contributed by atoms with van der Waals surface area (Å²) >= 11 is 7.04. The Kier molecular flexibility index (Phi) is 4.05. The van der Waals surface area contributed by atoms with E-state index in [-0.39, 0.29) is 16.7 Å². The smallest absolute Gasteiger partial charge is 0.335 e. The van der Waals surface area contributed by atoms with E-state index in [4.69, 9.17) is 4.74 Å². The first-order valence-corrected chi connectivity index (χ1v) is 7.04. The number of ether oxygens (including phenoxy) is 1. The Morgan fingerprint density at radius 3 is 2.65 bits per heavy atom. The maximum Gasteiger partial charge on any atom is 0.335 e. The fourth-order valence-corrected chi connectivity index (χ4v) is 3.15. The number of carbonyl (C=O) groups excluding carboxylic acids is 1. The number of hydrogen-bond donors (Lipinski definition) is 0. The summed E-state index contributed by atoms with van der Waals surface area (Å²) in [4.78, 5) is 11.7. The molecule has 0 radical (unpaired) electrons. The first-order valence-electron chi connectivity index (χ1n) is 5.33. The number of allylic oxidation sites excluding steroid dienone is 1. The van der Waals surface area contributed by atoms with Gasteiger partial charge in [0.1, 0.15) is 6.61 Å². The monoisotopic (exact) mass is 358 g/mol. The van der Waals surface area contributed by atoms with Gasteiger partial charge in [-0.1, -0.05) is 62.2 Å². The van der Waals surface area contributed by atoms with E-state index in [1.165, 1.54) is 0 Å². The van der Waals surface area contributed by atoms with Gasteiger partial charge in [-0.2, -0.15) is 0 Å². The Bertz CT molecular complexity index is 450. The van der Waals surface area contributed by atoms with Crippen LogP contribution in [0.4, 0.5) is 0 Å². The van der Waals surface area contributed by atoms with Gasteiger partial charge < -0.3 is 4.74 Å². The topological polar surface area (TPSA) is 26.3 Å². The van der Waals surface area contributed by atoms with Crippen molar-refractivity contribution in [3.8, 4) is 0 Å². The molecule has 0 saturated carbocycles. The second-order valence-electron chi connectivity index (χ2n) is 3.96. The highest BCUT2D eigenvalue weighted by molar-refractivity contribution is 9.11. The van der Waals surface area contributed by atoms with Gasteiger partial charge in [-0.15, -0.1) is 0 Å². The van der Waals surface area contributed by atoms with E-state index in [1.807, 2.05) is 37.3 Å². The lowest BCUT2D eigenvalue weighted by atomic mass is 9.94. The molecule has 1 heterocycles. The minimum Gasteiger partial charge on any atom is -0.462 e. The van der Waals surface area contributed by atoms with Gasteiger partial charge in [0.2, 0.25) is 0 Å². The number of benzene rings is 1. The van der Waals surface area contributed by atoms with Gasteiger partial charge in [0.15, 0.2) is 0 Å². The fourth-order valence-electron chi connectivity index (χ4n) is 1.97. The predicted molar refractivity (Wildman–Crippen MR) is 74.2 cm³/mol. The molecule has 0 aromatic heterocycles. The molecule has 0 N–H and O–H groups in total. The number of halogens is 2. The maximum atomic E-state index is 11.6. The standard InChI is InChI=1S/C13H12Br2O2/c1-8(14)11-10(7-17-13(11)16)12(15)9-5-3-2-4-6-9/h2-6,10,12H,7H2,1H3/b11-8-/t10-,12+/m0/s1. The molecular weight excluding hydrogens is 348 g/mol. The molecule has 2 rings (SSSR count). The number of hydrogen-bond acceptors (Lipinski definition) is 2. The molecule has 1 aliphatic rings. The van der Waals surface area contributed by atoms with Crippen LogP contribution in [0, 0.1) is 5.92 Å². The summed E-state index contributed by atoms with van der Waals surface area (Å²) in [5, 5.41) is 0. The molecule has 1 aromatic rings. The Labute approximate surface area is 117 Å². The first kappa shape index (κ1) is 12.8. The summed E-state index contributed by atoms with van der Waals surface area (Å²) in [5.74, 6) is -0.158. The van der Waals surface area contributed by atoms with E-state index in [9.17, 15) is 4.79 Å². The highest BCUT2D eigenvalue weighted by Gasteiger charge is 2.37. The van der Waals surface area contributed by atoms with Crippen molar-refractivity contribution in [3.63, 3.8) is 0 Å². The van der Waals surface area contributed by atoms with Gasteiger partial charge in [-0.3, -0.25) is 0 Å². The number of carbonyl (C=O) groups is 1. The SMILES string of the molecule is C/C(Br)=C1/C(=O)OC[C@@H]1[C@H](Br)c1ccccc1. The minimum absolute atomic E-state index is 0.0595. The lowest BCUT2D eigenvalue weighted by Crippen LogP contribution is -2.11. The Hall–Kier alpha value is -0.610. The van der Waals surface area contributed by atoms with Gasteiger partial charge in [0, 0.05) is 15.2 Å². The summed E-state index contributed by atoms with van der Waals surface area (Å²) in [6, 6.07) is 10.1. The van der Waals surface area contributed by atoms with Crippen LogP contribution in [-0.2, 0) is 9.53 Å². The van der Waals surface area contributed by atoms with E-state index in [0.29, 0.717) is 6.61 Å². The molecule has 17 heavy (non-hydrogen) atoms. The molecule has 1 fully saturated rings. The molecule has 0 bridgehead atoms. The number of cyclic esters (lactones) is 1. The average molecular weight is 360 g/mol. The molecule has 90 valence electrons. The summed E-state index contributed by atoms with van der Waals surface area (Å²) < 4.78 is 5.98. The quantitative estimate of drug-likeness (QED) is 0.453. The van der Waals surface area contributed by atoms with Crippen molar-refractivity contribution in [1.29, 1.82) is 0 Å². The number of esters is 1. The van der Waals surface area contributed by atoms with E-state index in [2.05, 4.69) is 31.9 Å². The summed E-state index contributed by atoms with van der Waals surface area (Å²) in [6.07, 6.45) is 0. The average Bonchev–Trinajstić information content (AvgIpc) is 2.71. The van der Waals surface area contributed by atoms with Crippen molar-refractivity contribution in [3.05, 3.63) is 46.0 Å². The van der Waals surface area contributed by atoms with Gasteiger partial charge in [0.05, 0.1) is 5.57 Å². The molecule has 0 unspecified atom stereocenters. The summed E-state index contributed by atoms with van der Waals surface area (Å²) in [5.41, 5.74) is 1.89. The third-order valence-corrected chi connectivity index (χ3v) is 4.42. The lowest BCUT2D eigenvalue weighted by Gasteiger charge is -2.17. The largest absolute Gasteiger partial charge is 0.462 e. The van der Waals surface area contributed by atoms with Crippen LogP contribution in [0.15, 0.2) is 40.4 Å². The molecule has 2 nitrogen and oxygen atoms in total. The fraction of sp³-hybridized carbons (Fsp3) is 0.308. The van der Waals surface area contributed by atoms with Crippen LogP contribution in [0.2, 0.25) is 0 Å². The third-order valence-electron chi connectivity index (χ3n) is 2.83. The molecule has 4 heteroatoms. The van der Waals surface area contributed by atoms with Crippen molar-refractivity contribution in [1.82, 2.24) is 0 Å². The van der Waals surface area contributed by atoms with E-state index in [1.54, 1.807) is 0 Å². The zero-order valence-electron chi connectivity index (χ0n) is 9.32. The zero-order valence-corrected chi connectivity index (χ0v) is 12.5. The molecule has 0 aliphatic carbocycles. The zero-order chi connectivity index (χ0) is 12.4. The Morgan fingerprint density at radius 1 is 1.41 bits per heavy atom. The molecule has 1 aromatic carbocycles. The van der Waals surface area contributed by atoms with Gasteiger partial charge in [0.25, 0.3) is 0 Å².